The molecular formula is C31H28F3NO2. The summed E-state index contributed by atoms with van der Waals surface area (Å²) in [5.74, 6) is -0.523. The Kier molecular flexibility index (Phi) is 6.09. The topological polar surface area (TPSA) is 38.7 Å². The number of ether oxygens (including phenoxy) is 1. The molecule has 0 saturated carbocycles. The molecule has 37 heavy (non-hydrogen) atoms. The minimum atomic E-state index is -4.53. The second kappa shape index (κ2) is 9.02. The van der Waals surface area contributed by atoms with Gasteiger partial charge in [-0.25, -0.2) is 4.79 Å². The van der Waals surface area contributed by atoms with Crippen molar-refractivity contribution in [2.45, 2.75) is 45.3 Å². The predicted octanol–water partition coefficient (Wildman–Crippen LogP) is 7.59. The summed E-state index contributed by atoms with van der Waals surface area (Å²) in [4.78, 5) is 18.6. The summed E-state index contributed by atoms with van der Waals surface area (Å²) in [6, 6.07) is 22.7. The van der Waals surface area contributed by atoms with E-state index in [9.17, 15) is 18.0 Å². The van der Waals surface area contributed by atoms with Crippen LogP contribution >= 0.6 is 0 Å². The first-order valence-electron chi connectivity index (χ1n) is 12.4. The average Bonchev–Trinajstić information content (AvgIpc) is 3.14. The molecule has 0 aromatic heterocycles. The fourth-order valence-corrected chi connectivity index (χ4v) is 5.83. The van der Waals surface area contributed by atoms with Gasteiger partial charge in [0.2, 0.25) is 0 Å². The molecule has 1 heterocycles. The number of esters is 1. The van der Waals surface area contributed by atoms with Gasteiger partial charge in [-0.2, -0.15) is 13.2 Å². The van der Waals surface area contributed by atoms with Gasteiger partial charge in [-0.1, -0.05) is 80.6 Å². The molecule has 5 rings (SSSR count). The molecule has 1 spiro atoms. The van der Waals surface area contributed by atoms with E-state index in [0.29, 0.717) is 34.3 Å². The van der Waals surface area contributed by atoms with E-state index in [1.807, 2.05) is 60.7 Å². The van der Waals surface area contributed by atoms with Gasteiger partial charge in [0.05, 0.1) is 17.7 Å². The number of carbonyl (C=O) groups is 1. The van der Waals surface area contributed by atoms with Gasteiger partial charge < -0.3 is 4.74 Å². The molecule has 0 radical (unpaired) electrons. The standard InChI is InChI=1S/C31H28F3NO2/c1-4-37-28(36)24-18-30(19-29(2,3)27(35-30)21-13-9-6-10-14-21)25-16-15-22(31(32,33)34)17-23(25)26(24)20-11-7-5-8-12-20/h5-17H,4,18-19H2,1-3H3. The average molecular weight is 504 g/mol. The van der Waals surface area contributed by atoms with Crippen LogP contribution in [0.3, 0.4) is 0 Å². The molecule has 3 aromatic rings. The highest BCUT2D eigenvalue weighted by Gasteiger charge is 2.51. The van der Waals surface area contributed by atoms with Crippen LogP contribution in [-0.4, -0.2) is 18.3 Å². The quantitative estimate of drug-likeness (QED) is 0.344. The molecule has 0 fully saturated rings. The zero-order valence-electron chi connectivity index (χ0n) is 21.0. The van der Waals surface area contributed by atoms with Gasteiger partial charge in [0, 0.05) is 23.1 Å². The van der Waals surface area contributed by atoms with E-state index in [2.05, 4.69) is 13.8 Å². The molecule has 0 amide bonds. The van der Waals surface area contributed by atoms with Gasteiger partial charge >= 0.3 is 12.1 Å². The maximum Gasteiger partial charge on any atom is 0.416 e. The summed E-state index contributed by atoms with van der Waals surface area (Å²) in [7, 11) is 0. The number of aliphatic imine (C=N–C) groups is 1. The first-order chi connectivity index (χ1) is 17.6. The number of hydrogen-bond acceptors (Lipinski definition) is 3. The predicted molar refractivity (Wildman–Crippen MR) is 138 cm³/mol. The van der Waals surface area contributed by atoms with Crippen LogP contribution < -0.4 is 0 Å². The maximum absolute atomic E-state index is 13.9. The second-order valence-electron chi connectivity index (χ2n) is 10.3. The Morgan fingerprint density at radius 1 is 0.946 bits per heavy atom. The number of nitrogens with zero attached hydrogens (tertiary/aromatic N) is 1. The van der Waals surface area contributed by atoms with E-state index in [1.54, 1.807) is 13.0 Å². The van der Waals surface area contributed by atoms with Crippen LogP contribution in [0.5, 0.6) is 0 Å². The molecule has 1 aliphatic carbocycles. The Hall–Kier alpha value is -3.67. The van der Waals surface area contributed by atoms with Crippen LogP contribution in [0.1, 0.15) is 61.4 Å². The van der Waals surface area contributed by atoms with Crippen molar-refractivity contribution in [1.29, 1.82) is 0 Å². The summed E-state index contributed by atoms with van der Waals surface area (Å²) >= 11 is 0. The first kappa shape index (κ1) is 25.0. The zero-order valence-corrected chi connectivity index (χ0v) is 21.0. The fraction of sp³-hybridized carbons (Fsp3) is 0.290. The minimum Gasteiger partial charge on any atom is -0.463 e. The summed E-state index contributed by atoms with van der Waals surface area (Å²) < 4.78 is 47.2. The lowest BCUT2D eigenvalue weighted by Gasteiger charge is -2.37. The SMILES string of the molecule is CCOC(=O)C1=C(c2ccccc2)c2cc(C(F)(F)F)ccc2C2(C1)CC(C)(C)C(c1ccccc1)=N2. The summed E-state index contributed by atoms with van der Waals surface area (Å²) in [5, 5.41) is 0. The molecule has 3 aromatic carbocycles. The molecule has 190 valence electrons. The number of fused-ring (bicyclic) bond motifs is 2. The van der Waals surface area contributed by atoms with Gasteiger partial charge in [-0.05, 0) is 53.3 Å². The maximum atomic E-state index is 13.9. The van der Waals surface area contributed by atoms with Crippen LogP contribution in [0.15, 0.2) is 89.4 Å². The van der Waals surface area contributed by atoms with E-state index >= 15 is 0 Å². The van der Waals surface area contributed by atoms with Crippen molar-refractivity contribution in [2.75, 3.05) is 6.61 Å². The fourth-order valence-electron chi connectivity index (χ4n) is 5.83. The smallest absolute Gasteiger partial charge is 0.416 e. The molecule has 3 nitrogen and oxygen atoms in total. The third-order valence-corrected chi connectivity index (χ3v) is 7.22. The molecule has 0 N–H and O–H groups in total. The van der Waals surface area contributed by atoms with Crippen molar-refractivity contribution < 1.29 is 22.7 Å². The highest BCUT2D eigenvalue weighted by molar-refractivity contribution is 6.08. The lowest BCUT2D eigenvalue weighted by molar-refractivity contribution is -0.139. The van der Waals surface area contributed by atoms with Crippen LogP contribution in [0.25, 0.3) is 5.57 Å². The van der Waals surface area contributed by atoms with E-state index in [1.165, 1.54) is 6.07 Å². The molecule has 6 heteroatoms. The molecule has 1 atom stereocenters. The van der Waals surface area contributed by atoms with Crippen molar-refractivity contribution in [3.63, 3.8) is 0 Å². The van der Waals surface area contributed by atoms with Crippen molar-refractivity contribution in [3.05, 3.63) is 112 Å². The Balaban J connectivity index is 1.82. The molecule has 2 aliphatic rings. The first-order valence-corrected chi connectivity index (χ1v) is 12.4. The van der Waals surface area contributed by atoms with E-state index in [-0.39, 0.29) is 18.4 Å². The van der Waals surface area contributed by atoms with Crippen LogP contribution in [0, 0.1) is 5.41 Å². The normalized spacial score (nSPS) is 20.5. The van der Waals surface area contributed by atoms with Gasteiger partial charge in [-0.15, -0.1) is 0 Å². The Morgan fingerprint density at radius 2 is 1.57 bits per heavy atom. The second-order valence-corrected chi connectivity index (χ2v) is 10.3. The number of carbonyl (C=O) groups excluding carboxylic acids is 1. The zero-order chi connectivity index (χ0) is 26.4. The number of hydrogen-bond donors (Lipinski definition) is 0. The number of rotatable bonds is 4. The van der Waals surface area contributed by atoms with E-state index < -0.39 is 23.2 Å². The monoisotopic (exact) mass is 503 g/mol. The van der Waals surface area contributed by atoms with Gasteiger partial charge in [0.25, 0.3) is 0 Å². The molecule has 0 bridgehead atoms. The molecule has 0 saturated heterocycles. The number of benzene rings is 3. The van der Waals surface area contributed by atoms with Crippen molar-refractivity contribution >= 4 is 17.3 Å². The highest BCUT2D eigenvalue weighted by atomic mass is 19.4. The van der Waals surface area contributed by atoms with Crippen LogP contribution in [0.2, 0.25) is 0 Å². The van der Waals surface area contributed by atoms with Gasteiger partial charge in [0.1, 0.15) is 0 Å². The van der Waals surface area contributed by atoms with Gasteiger partial charge in [-0.3, -0.25) is 4.99 Å². The minimum absolute atomic E-state index is 0.164. The van der Waals surface area contributed by atoms with Gasteiger partial charge in [0.15, 0.2) is 0 Å². The van der Waals surface area contributed by atoms with Crippen molar-refractivity contribution in [3.8, 4) is 0 Å². The largest absolute Gasteiger partial charge is 0.463 e. The third kappa shape index (κ3) is 4.39. The summed E-state index contributed by atoms with van der Waals surface area (Å²) in [6.45, 7) is 6.08. The van der Waals surface area contributed by atoms with E-state index in [4.69, 9.17) is 9.73 Å². The van der Waals surface area contributed by atoms with E-state index in [0.717, 1.165) is 17.3 Å². The van der Waals surface area contributed by atoms with Crippen LogP contribution in [-0.2, 0) is 21.2 Å². The Bertz CT molecular complexity index is 1410. The molecule has 1 aliphatic heterocycles. The van der Waals surface area contributed by atoms with Crippen molar-refractivity contribution in [1.82, 2.24) is 0 Å². The molecular weight excluding hydrogens is 475 g/mol. The van der Waals surface area contributed by atoms with Crippen molar-refractivity contribution in [2.24, 2.45) is 10.4 Å². The van der Waals surface area contributed by atoms with Crippen LogP contribution in [0.4, 0.5) is 13.2 Å². The number of halogens is 3. The Labute approximate surface area is 214 Å². The summed E-state index contributed by atoms with van der Waals surface area (Å²) in [6.07, 6.45) is -3.74. The summed E-state index contributed by atoms with van der Waals surface area (Å²) in [5.41, 5.74) is 2.41. The highest BCUT2D eigenvalue weighted by Crippen LogP contribution is 2.56. The number of alkyl halides is 3. The Morgan fingerprint density at radius 3 is 2.16 bits per heavy atom. The lowest BCUT2D eigenvalue weighted by Crippen LogP contribution is -2.33. The molecule has 1 unspecified atom stereocenters. The third-order valence-electron chi connectivity index (χ3n) is 7.22. The lowest BCUT2D eigenvalue weighted by atomic mass is 9.67.